The Balaban J connectivity index is 1.99. The number of aliphatic hydroxyl groups is 1. The van der Waals surface area contributed by atoms with Crippen molar-refractivity contribution in [2.24, 2.45) is 0 Å². The van der Waals surface area contributed by atoms with Crippen LogP contribution >= 0.6 is 0 Å². The summed E-state index contributed by atoms with van der Waals surface area (Å²) >= 11 is 0. The number of rotatable bonds is 6. The number of para-hydroxylation sites is 1. The molecule has 0 aliphatic rings. The molecule has 0 aliphatic heterocycles. The first-order valence-electron chi connectivity index (χ1n) is 7.21. The maximum Gasteiger partial charge on any atom is 0.125 e. The minimum atomic E-state index is -0.653. The van der Waals surface area contributed by atoms with Gasteiger partial charge in [-0.15, -0.1) is 0 Å². The molecule has 112 valence electrons. The highest BCUT2D eigenvalue weighted by Crippen LogP contribution is 2.24. The quantitative estimate of drug-likeness (QED) is 0.877. The van der Waals surface area contributed by atoms with Crippen LogP contribution in [0, 0.1) is 13.8 Å². The van der Waals surface area contributed by atoms with Crippen LogP contribution in [0.1, 0.15) is 29.7 Å². The Hall–Kier alpha value is -2.00. The molecule has 1 N–H and O–H groups in total. The second kappa shape index (κ2) is 7.14. The second-order valence-corrected chi connectivity index (χ2v) is 5.05. The first kappa shape index (κ1) is 15.4. The number of aryl methyl sites for hydroxylation is 2. The number of aliphatic hydroxyl groups excluding tert-OH is 1. The normalized spacial score (nSPS) is 12.0. The third-order valence-corrected chi connectivity index (χ3v) is 3.37. The zero-order valence-electron chi connectivity index (χ0n) is 12.8. The zero-order chi connectivity index (χ0) is 15.2. The Kier molecular flexibility index (Phi) is 5.23. The lowest BCUT2D eigenvalue weighted by molar-refractivity contribution is 0.107. The summed E-state index contributed by atoms with van der Waals surface area (Å²) in [5.74, 6) is 1.66. The van der Waals surface area contributed by atoms with Gasteiger partial charge in [0.1, 0.15) is 24.2 Å². The van der Waals surface area contributed by atoms with Gasteiger partial charge in [0.25, 0.3) is 0 Å². The van der Waals surface area contributed by atoms with Gasteiger partial charge in [-0.2, -0.15) is 0 Å². The molecule has 0 spiro atoms. The predicted octanol–water partition coefficient (Wildman–Crippen LogP) is 3.81. The van der Waals surface area contributed by atoms with Gasteiger partial charge in [-0.05, 0) is 49.6 Å². The Labute approximate surface area is 126 Å². The van der Waals surface area contributed by atoms with E-state index in [4.69, 9.17) is 9.47 Å². The van der Waals surface area contributed by atoms with Crippen molar-refractivity contribution in [3.63, 3.8) is 0 Å². The molecule has 0 heterocycles. The largest absolute Gasteiger partial charge is 0.494 e. The minimum Gasteiger partial charge on any atom is -0.494 e. The molecule has 3 heteroatoms. The summed E-state index contributed by atoms with van der Waals surface area (Å²) in [7, 11) is 0. The summed E-state index contributed by atoms with van der Waals surface area (Å²) in [6.45, 7) is 6.83. The van der Waals surface area contributed by atoms with E-state index in [-0.39, 0.29) is 6.61 Å². The van der Waals surface area contributed by atoms with Gasteiger partial charge in [0.05, 0.1) is 6.61 Å². The standard InChI is InChI=1S/C18H22O3/c1-4-20-16-10-8-15(9-11-16)17(19)12-21-18-13(2)6-5-7-14(18)3/h5-11,17,19H,4,12H2,1-3H3. The molecule has 0 radical (unpaired) electrons. The van der Waals surface area contributed by atoms with Crippen LogP contribution < -0.4 is 9.47 Å². The smallest absolute Gasteiger partial charge is 0.125 e. The highest BCUT2D eigenvalue weighted by atomic mass is 16.5. The van der Waals surface area contributed by atoms with Crippen LogP contribution in [0.25, 0.3) is 0 Å². The first-order valence-corrected chi connectivity index (χ1v) is 7.21. The van der Waals surface area contributed by atoms with E-state index in [1.807, 2.05) is 63.2 Å². The summed E-state index contributed by atoms with van der Waals surface area (Å²) in [5, 5.41) is 10.2. The van der Waals surface area contributed by atoms with E-state index in [1.54, 1.807) is 0 Å². The second-order valence-electron chi connectivity index (χ2n) is 5.05. The molecule has 0 fully saturated rings. The highest BCUT2D eigenvalue weighted by Gasteiger charge is 2.11. The lowest BCUT2D eigenvalue weighted by atomic mass is 10.1. The van der Waals surface area contributed by atoms with Crippen LogP contribution in [0.5, 0.6) is 11.5 Å². The van der Waals surface area contributed by atoms with E-state index in [0.29, 0.717) is 6.61 Å². The molecular formula is C18H22O3. The van der Waals surface area contributed by atoms with E-state index in [0.717, 1.165) is 28.2 Å². The molecule has 0 aliphatic carbocycles. The molecule has 21 heavy (non-hydrogen) atoms. The molecule has 1 atom stereocenters. The third kappa shape index (κ3) is 3.99. The van der Waals surface area contributed by atoms with Gasteiger partial charge < -0.3 is 14.6 Å². The molecule has 0 saturated heterocycles. The molecule has 3 nitrogen and oxygen atoms in total. The van der Waals surface area contributed by atoms with Crippen molar-refractivity contribution in [3.05, 3.63) is 59.2 Å². The number of hydrogen-bond donors (Lipinski definition) is 1. The maximum absolute atomic E-state index is 10.2. The number of ether oxygens (including phenoxy) is 2. The van der Waals surface area contributed by atoms with Gasteiger partial charge >= 0.3 is 0 Å². The van der Waals surface area contributed by atoms with Crippen LogP contribution in [0.3, 0.4) is 0 Å². The third-order valence-electron chi connectivity index (χ3n) is 3.37. The first-order chi connectivity index (χ1) is 10.1. The zero-order valence-corrected chi connectivity index (χ0v) is 12.8. The molecule has 0 bridgehead atoms. The number of benzene rings is 2. The van der Waals surface area contributed by atoms with Crippen molar-refractivity contribution in [1.29, 1.82) is 0 Å². The molecule has 2 aromatic carbocycles. The van der Waals surface area contributed by atoms with Crippen LogP contribution in [0.2, 0.25) is 0 Å². The van der Waals surface area contributed by atoms with Crippen molar-refractivity contribution in [3.8, 4) is 11.5 Å². The monoisotopic (exact) mass is 286 g/mol. The fourth-order valence-corrected chi connectivity index (χ4v) is 2.24. The predicted molar refractivity (Wildman–Crippen MR) is 84.0 cm³/mol. The van der Waals surface area contributed by atoms with E-state index >= 15 is 0 Å². The summed E-state index contributed by atoms with van der Waals surface area (Å²) in [6.07, 6.45) is -0.653. The van der Waals surface area contributed by atoms with Crippen molar-refractivity contribution in [2.75, 3.05) is 13.2 Å². The van der Waals surface area contributed by atoms with Crippen LogP contribution in [0.15, 0.2) is 42.5 Å². The molecule has 2 rings (SSSR count). The van der Waals surface area contributed by atoms with E-state index < -0.39 is 6.10 Å². The number of hydrogen-bond acceptors (Lipinski definition) is 3. The van der Waals surface area contributed by atoms with Gasteiger partial charge in [-0.3, -0.25) is 0 Å². The molecule has 2 aromatic rings. The summed E-state index contributed by atoms with van der Waals surface area (Å²) < 4.78 is 11.2. The molecule has 0 saturated carbocycles. The van der Waals surface area contributed by atoms with Crippen molar-refractivity contribution in [2.45, 2.75) is 26.9 Å². The average molecular weight is 286 g/mol. The summed E-state index contributed by atoms with van der Waals surface area (Å²) in [4.78, 5) is 0. The SMILES string of the molecule is CCOc1ccc(C(O)COc2c(C)cccc2C)cc1. The molecular weight excluding hydrogens is 264 g/mol. The maximum atomic E-state index is 10.2. The van der Waals surface area contributed by atoms with Crippen molar-refractivity contribution >= 4 is 0 Å². The Morgan fingerprint density at radius 1 is 0.952 bits per heavy atom. The van der Waals surface area contributed by atoms with Crippen LogP contribution in [0.4, 0.5) is 0 Å². The van der Waals surface area contributed by atoms with Crippen LogP contribution in [-0.2, 0) is 0 Å². The molecule has 0 amide bonds. The van der Waals surface area contributed by atoms with E-state index in [1.165, 1.54) is 0 Å². The lowest BCUT2D eigenvalue weighted by Gasteiger charge is -2.16. The Morgan fingerprint density at radius 2 is 1.57 bits per heavy atom. The van der Waals surface area contributed by atoms with Gasteiger partial charge in [-0.1, -0.05) is 30.3 Å². The van der Waals surface area contributed by atoms with Crippen LogP contribution in [-0.4, -0.2) is 18.3 Å². The lowest BCUT2D eigenvalue weighted by Crippen LogP contribution is -2.11. The van der Waals surface area contributed by atoms with Gasteiger partial charge in [0.2, 0.25) is 0 Å². The summed E-state index contributed by atoms with van der Waals surface area (Å²) in [6, 6.07) is 13.5. The Morgan fingerprint density at radius 3 is 2.14 bits per heavy atom. The Bertz CT molecular complexity index is 555. The van der Waals surface area contributed by atoms with E-state index in [9.17, 15) is 5.11 Å². The minimum absolute atomic E-state index is 0.236. The molecule has 0 aromatic heterocycles. The highest BCUT2D eigenvalue weighted by molar-refractivity contribution is 5.39. The average Bonchev–Trinajstić information content (AvgIpc) is 2.47. The topological polar surface area (TPSA) is 38.7 Å². The fraction of sp³-hybridized carbons (Fsp3) is 0.333. The van der Waals surface area contributed by atoms with Crippen molar-refractivity contribution in [1.82, 2.24) is 0 Å². The van der Waals surface area contributed by atoms with Crippen molar-refractivity contribution < 1.29 is 14.6 Å². The van der Waals surface area contributed by atoms with Gasteiger partial charge in [-0.25, -0.2) is 0 Å². The van der Waals surface area contributed by atoms with Gasteiger partial charge in [0, 0.05) is 0 Å². The fourth-order valence-electron chi connectivity index (χ4n) is 2.24. The van der Waals surface area contributed by atoms with Gasteiger partial charge in [0.15, 0.2) is 0 Å². The molecule has 1 unspecified atom stereocenters. The summed E-state index contributed by atoms with van der Waals surface area (Å²) in [5.41, 5.74) is 2.98. The van der Waals surface area contributed by atoms with E-state index in [2.05, 4.69) is 0 Å².